The van der Waals surface area contributed by atoms with Crippen molar-refractivity contribution in [2.45, 2.75) is 19.5 Å². The summed E-state index contributed by atoms with van der Waals surface area (Å²) in [6, 6.07) is 12.4. The highest BCUT2D eigenvalue weighted by Crippen LogP contribution is 2.46. The van der Waals surface area contributed by atoms with Crippen molar-refractivity contribution in [1.82, 2.24) is 24.8 Å². The lowest BCUT2D eigenvalue weighted by molar-refractivity contribution is 0.0693. The Morgan fingerprint density at radius 2 is 2.00 bits per heavy atom. The van der Waals surface area contributed by atoms with Crippen molar-refractivity contribution in [3.8, 4) is 0 Å². The molecule has 144 valence electrons. The second-order valence-electron chi connectivity index (χ2n) is 8.00. The predicted molar refractivity (Wildman–Crippen MR) is 107 cm³/mol. The molecule has 2 N–H and O–H groups in total. The van der Waals surface area contributed by atoms with E-state index in [1.807, 2.05) is 24.5 Å². The molecule has 3 atom stereocenters. The highest BCUT2D eigenvalue weighted by molar-refractivity contribution is 5.93. The van der Waals surface area contributed by atoms with Crippen molar-refractivity contribution < 1.29 is 4.79 Å². The molecule has 0 aliphatic carbocycles. The van der Waals surface area contributed by atoms with Gasteiger partial charge in [-0.1, -0.05) is 24.3 Å². The van der Waals surface area contributed by atoms with Gasteiger partial charge in [-0.2, -0.15) is 0 Å². The van der Waals surface area contributed by atoms with Gasteiger partial charge in [0.15, 0.2) is 0 Å². The molecule has 6 heteroatoms. The first kappa shape index (κ1) is 17.3. The number of fused-ring (bicyclic) bond motifs is 1. The molecule has 2 aromatic heterocycles. The number of aromatic amines is 2. The van der Waals surface area contributed by atoms with Crippen LogP contribution in [-0.4, -0.2) is 50.3 Å². The second-order valence-corrected chi connectivity index (χ2v) is 8.00. The molecule has 0 saturated carbocycles. The summed E-state index contributed by atoms with van der Waals surface area (Å²) in [6.07, 6.45) is 5.50. The van der Waals surface area contributed by atoms with Gasteiger partial charge >= 0.3 is 0 Å². The molecular formula is C22H25N5O. The molecule has 1 amide bonds. The van der Waals surface area contributed by atoms with E-state index in [0.717, 1.165) is 32.0 Å². The van der Waals surface area contributed by atoms with Crippen molar-refractivity contribution in [3.63, 3.8) is 0 Å². The van der Waals surface area contributed by atoms with Crippen LogP contribution in [0.3, 0.4) is 0 Å². The maximum atomic E-state index is 13.2. The lowest BCUT2D eigenvalue weighted by atomic mass is 9.87. The number of amides is 1. The van der Waals surface area contributed by atoms with Crippen LogP contribution >= 0.6 is 0 Å². The fourth-order valence-corrected chi connectivity index (χ4v) is 5.01. The molecule has 0 radical (unpaired) electrons. The van der Waals surface area contributed by atoms with E-state index in [9.17, 15) is 4.79 Å². The van der Waals surface area contributed by atoms with E-state index in [1.54, 1.807) is 6.20 Å². The van der Waals surface area contributed by atoms with Gasteiger partial charge < -0.3 is 14.9 Å². The molecule has 1 aromatic carbocycles. The lowest BCUT2D eigenvalue weighted by Crippen LogP contribution is -2.36. The minimum Gasteiger partial charge on any atom is -0.357 e. The van der Waals surface area contributed by atoms with Crippen LogP contribution in [0.2, 0.25) is 0 Å². The summed E-state index contributed by atoms with van der Waals surface area (Å²) in [5, 5.41) is 0. The van der Waals surface area contributed by atoms with E-state index < -0.39 is 0 Å². The first-order valence-electron chi connectivity index (χ1n) is 9.91. The van der Waals surface area contributed by atoms with Crippen LogP contribution in [0.4, 0.5) is 0 Å². The Labute approximate surface area is 164 Å². The Kier molecular flexibility index (Phi) is 4.28. The standard InChI is InChI=1S/C22H25N5O/c1-15-5-2-3-6-17(15)21-18-13-26(14-20-24-9-10-25-20)11-16(18)12-27(21)22(28)19-7-4-8-23-19/h2-10,16,18,21,23H,11-14H2,1H3,(H,24,25)/t16-,18-,21-/m0/s1. The summed E-state index contributed by atoms with van der Waals surface area (Å²) < 4.78 is 0. The molecule has 4 heterocycles. The van der Waals surface area contributed by atoms with Crippen LogP contribution in [0.1, 0.15) is 33.5 Å². The normalized spacial score (nSPS) is 24.6. The molecule has 5 rings (SSSR count). The number of hydrogen-bond donors (Lipinski definition) is 2. The van der Waals surface area contributed by atoms with Gasteiger partial charge in [0.25, 0.3) is 5.91 Å². The number of imidazole rings is 1. The van der Waals surface area contributed by atoms with Gasteiger partial charge in [0.1, 0.15) is 11.5 Å². The zero-order valence-electron chi connectivity index (χ0n) is 16.0. The first-order valence-corrected chi connectivity index (χ1v) is 9.91. The van der Waals surface area contributed by atoms with Gasteiger partial charge in [0.05, 0.1) is 12.6 Å². The Hall–Kier alpha value is -2.86. The molecule has 3 aromatic rings. The molecule has 2 saturated heterocycles. The van der Waals surface area contributed by atoms with Gasteiger partial charge in [-0.15, -0.1) is 0 Å². The third-order valence-electron chi connectivity index (χ3n) is 6.26. The van der Waals surface area contributed by atoms with Crippen LogP contribution in [0, 0.1) is 18.8 Å². The van der Waals surface area contributed by atoms with E-state index in [2.05, 4.69) is 55.9 Å². The molecule has 2 aliphatic heterocycles. The summed E-state index contributed by atoms with van der Waals surface area (Å²) in [6.45, 7) is 5.78. The van der Waals surface area contributed by atoms with Crippen LogP contribution in [0.5, 0.6) is 0 Å². The number of hydrogen-bond acceptors (Lipinski definition) is 3. The number of likely N-dealkylation sites (tertiary alicyclic amines) is 2. The Bertz CT molecular complexity index is 949. The molecule has 0 unspecified atom stereocenters. The molecule has 2 fully saturated rings. The van der Waals surface area contributed by atoms with Crippen LogP contribution in [-0.2, 0) is 6.54 Å². The highest BCUT2D eigenvalue weighted by Gasteiger charge is 2.49. The van der Waals surface area contributed by atoms with Gasteiger partial charge in [-0.3, -0.25) is 9.69 Å². The van der Waals surface area contributed by atoms with Gasteiger partial charge in [-0.25, -0.2) is 4.98 Å². The molecule has 0 spiro atoms. The minimum absolute atomic E-state index is 0.102. The lowest BCUT2D eigenvalue weighted by Gasteiger charge is -2.30. The van der Waals surface area contributed by atoms with Gasteiger partial charge in [-0.05, 0) is 36.1 Å². The molecule has 2 aliphatic rings. The Morgan fingerprint density at radius 1 is 1.11 bits per heavy atom. The average molecular weight is 375 g/mol. The quantitative estimate of drug-likeness (QED) is 0.737. The number of nitrogens with zero attached hydrogens (tertiary/aromatic N) is 3. The number of carbonyl (C=O) groups excluding carboxylic acids is 1. The van der Waals surface area contributed by atoms with Gasteiger partial charge in [0, 0.05) is 44.1 Å². The number of benzene rings is 1. The summed E-state index contributed by atoms with van der Waals surface area (Å²) in [5.41, 5.74) is 3.20. The molecular weight excluding hydrogens is 350 g/mol. The van der Waals surface area contributed by atoms with Gasteiger partial charge in [0.2, 0.25) is 0 Å². The van der Waals surface area contributed by atoms with E-state index >= 15 is 0 Å². The summed E-state index contributed by atoms with van der Waals surface area (Å²) in [4.78, 5) is 28.5. The highest BCUT2D eigenvalue weighted by atomic mass is 16.2. The SMILES string of the molecule is Cc1ccccc1[C@H]1[C@H]2CN(Cc3ncc[nH]3)C[C@H]2CN1C(=O)c1ccc[nH]1. The number of carbonyl (C=O) groups is 1. The Balaban J connectivity index is 1.44. The fourth-order valence-electron chi connectivity index (χ4n) is 5.01. The fraction of sp³-hybridized carbons (Fsp3) is 0.364. The van der Waals surface area contributed by atoms with Crippen molar-refractivity contribution >= 4 is 5.91 Å². The van der Waals surface area contributed by atoms with Crippen molar-refractivity contribution in [2.24, 2.45) is 11.8 Å². The maximum absolute atomic E-state index is 13.2. The second kappa shape index (κ2) is 6.95. The van der Waals surface area contributed by atoms with Crippen molar-refractivity contribution in [1.29, 1.82) is 0 Å². The zero-order chi connectivity index (χ0) is 19.1. The zero-order valence-corrected chi connectivity index (χ0v) is 16.0. The number of nitrogens with one attached hydrogen (secondary N) is 2. The van der Waals surface area contributed by atoms with E-state index in [4.69, 9.17) is 0 Å². The third-order valence-corrected chi connectivity index (χ3v) is 6.26. The number of aromatic nitrogens is 3. The van der Waals surface area contributed by atoms with E-state index in [1.165, 1.54) is 11.1 Å². The summed E-state index contributed by atoms with van der Waals surface area (Å²) >= 11 is 0. The number of aryl methyl sites for hydroxylation is 1. The largest absolute Gasteiger partial charge is 0.357 e. The molecule has 0 bridgehead atoms. The maximum Gasteiger partial charge on any atom is 0.270 e. The Morgan fingerprint density at radius 3 is 2.75 bits per heavy atom. The topological polar surface area (TPSA) is 68.0 Å². The van der Waals surface area contributed by atoms with E-state index in [0.29, 0.717) is 17.5 Å². The number of rotatable bonds is 4. The molecule has 6 nitrogen and oxygen atoms in total. The van der Waals surface area contributed by atoms with Crippen LogP contribution < -0.4 is 0 Å². The third kappa shape index (κ3) is 2.94. The summed E-state index contributed by atoms with van der Waals surface area (Å²) in [7, 11) is 0. The average Bonchev–Trinajstić information content (AvgIpc) is 3.47. The van der Waals surface area contributed by atoms with Crippen LogP contribution in [0.25, 0.3) is 0 Å². The van der Waals surface area contributed by atoms with Crippen molar-refractivity contribution in [3.05, 3.63) is 77.6 Å². The van der Waals surface area contributed by atoms with Crippen molar-refractivity contribution in [2.75, 3.05) is 19.6 Å². The van der Waals surface area contributed by atoms with E-state index in [-0.39, 0.29) is 11.9 Å². The molecule has 28 heavy (non-hydrogen) atoms. The first-order chi connectivity index (χ1) is 13.7. The minimum atomic E-state index is 0.102. The predicted octanol–water partition coefficient (Wildman–Crippen LogP) is 2.99. The summed E-state index contributed by atoms with van der Waals surface area (Å²) in [5.74, 6) is 2.03. The number of H-pyrrole nitrogens is 2. The van der Waals surface area contributed by atoms with Crippen LogP contribution in [0.15, 0.2) is 55.0 Å². The monoisotopic (exact) mass is 375 g/mol. The smallest absolute Gasteiger partial charge is 0.270 e.